The van der Waals surface area contributed by atoms with E-state index in [1.807, 2.05) is 37.4 Å². The molecule has 0 unspecified atom stereocenters. The fourth-order valence-corrected chi connectivity index (χ4v) is 3.94. The van der Waals surface area contributed by atoms with E-state index in [2.05, 4.69) is 9.88 Å². The number of hydrogen-bond donors (Lipinski definition) is 4. The molecule has 2 aliphatic heterocycles. The molecule has 4 N–H and O–H groups in total. The van der Waals surface area contributed by atoms with Crippen molar-refractivity contribution in [2.45, 2.75) is 50.5 Å². The molecule has 1 aromatic carbocycles. The highest BCUT2D eigenvalue weighted by atomic mass is 16.7. The lowest BCUT2D eigenvalue weighted by Gasteiger charge is -2.39. The van der Waals surface area contributed by atoms with Crippen LogP contribution in [0.3, 0.4) is 0 Å². The molecule has 8 heteroatoms. The van der Waals surface area contributed by atoms with Gasteiger partial charge < -0.3 is 34.8 Å². The SMILES string of the molecule is Cc1cc(-c2ccc(N3CCCC3)nc2)ccc1O[C@H]1O[C@H](CO)[C@@H](O)[C@H](O)[C@@H]1O. The molecule has 0 radical (unpaired) electrons. The van der Waals surface area contributed by atoms with Gasteiger partial charge in [-0.25, -0.2) is 4.98 Å². The van der Waals surface area contributed by atoms with Crippen molar-refractivity contribution >= 4 is 5.82 Å². The van der Waals surface area contributed by atoms with Crippen LogP contribution in [0.2, 0.25) is 0 Å². The fraction of sp³-hybridized carbons (Fsp3) is 0.500. The van der Waals surface area contributed by atoms with E-state index in [9.17, 15) is 20.4 Å². The van der Waals surface area contributed by atoms with Gasteiger partial charge in [0, 0.05) is 24.8 Å². The van der Waals surface area contributed by atoms with E-state index in [-0.39, 0.29) is 0 Å². The van der Waals surface area contributed by atoms with Gasteiger partial charge in [0.05, 0.1) is 6.61 Å². The molecule has 0 saturated carbocycles. The number of rotatable bonds is 5. The van der Waals surface area contributed by atoms with Gasteiger partial charge in [0.25, 0.3) is 0 Å². The Kier molecular flexibility index (Phi) is 6.21. The summed E-state index contributed by atoms with van der Waals surface area (Å²) < 4.78 is 11.2. The Balaban J connectivity index is 1.48. The van der Waals surface area contributed by atoms with Crippen LogP contribution in [-0.4, -0.2) is 75.8 Å². The number of anilines is 1. The Morgan fingerprint density at radius 2 is 1.77 bits per heavy atom. The third-order valence-corrected chi connectivity index (χ3v) is 5.78. The first-order valence-electron chi connectivity index (χ1n) is 10.3. The Labute approximate surface area is 175 Å². The molecule has 4 rings (SSSR count). The molecule has 2 aromatic rings. The minimum atomic E-state index is -1.47. The summed E-state index contributed by atoms with van der Waals surface area (Å²) in [5.74, 6) is 1.47. The average Bonchev–Trinajstić information content (AvgIpc) is 3.30. The fourth-order valence-electron chi connectivity index (χ4n) is 3.94. The van der Waals surface area contributed by atoms with Crippen LogP contribution in [0, 0.1) is 6.92 Å². The van der Waals surface area contributed by atoms with E-state index in [0.29, 0.717) is 5.75 Å². The highest BCUT2D eigenvalue weighted by Gasteiger charge is 2.44. The molecular formula is C22H28N2O6. The molecular weight excluding hydrogens is 388 g/mol. The first-order chi connectivity index (χ1) is 14.5. The third-order valence-electron chi connectivity index (χ3n) is 5.78. The number of aromatic nitrogens is 1. The summed E-state index contributed by atoms with van der Waals surface area (Å²) in [4.78, 5) is 6.88. The maximum Gasteiger partial charge on any atom is 0.229 e. The van der Waals surface area contributed by atoms with E-state index in [1.54, 1.807) is 6.07 Å². The van der Waals surface area contributed by atoms with E-state index < -0.39 is 37.3 Å². The molecule has 0 bridgehead atoms. The Morgan fingerprint density at radius 1 is 1.03 bits per heavy atom. The summed E-state index contributed by atoms with van der Waals surface area (Å²) in [6, 6.07) is 9.69. The van der Waals surface area contributed by atoms with E-state index >= 15 is 0 Å². The molecule has 5 atom stereocenters. The molecule has 8 nitrogen and oxygen atoms in total. The van der Waals surface area contributed by atoms with Crippen LogP contribution >= 0.6 is 0 Å². The zero-order valence-electron chi connectivity index (χ0n) is 16.9. The lowest BCUT2D eigenvalue weighted by Crippen LogP contribution is -2.60. The van der Waals surface area contributed by atoms with Crippen LogP contribution in [0.5, 0.6) is 5.75 Å². The van der Waals surface area contributed by atoms with Crippen molar-refractivity contribution in [1.82, 2.24) is 4.98 Å². The van der Waals surface area contributed by atoms with Gasteiger partial charge in [0.15, 0.2) is 0 Å². The summed E-state index contributed by atoms with van der Waals surface area (Å²) in [7, 11) is 0. The lowest BCUT2D eigenvalue weighted by molar-refractivity contribution is -0.277. The van der Waals surface area contributed by atoms with Crippen molar-refractivity contribution < 1.29 is 29.9 Å². The maximum absolute atomic E-state index is 10.2. The first-order valence-corrected chi connectivity index (χ1v) is 10.3. The first kappa shape index (κ1) is 21.0. The second-order valence-electron chi connectivity index (χ2n) is 7.89. The van der Waals surface area contributed by atoms with Crippen LogP contribution in [-0.2, 0) is 4.74 Å². The smallest absolute Gasteiger partial charge is 0.229 e. The summed E-state index contributed by atoms with van der Waals surface area (Å²) in [6.07, 6.45) is -2.26. The van der Waals surface area contributed by atoms with Gasteiger partial charge in [-0.15, -0.1) is 0 Å². The molecule has 1 aromatic heterocycles. The van der Waals surface area contributed by atoms with Gasteiger partial charge in [0.2, 0.25) is 6.29 Å². The molecule has 2 aliphatic rings. The van der Waals surface area contributed by atoms with Crippen molar-refractivity contribution in [3.63, 3.8) is 0 Å². The summed E-state index contributed by atoms with van der Waals surface area (Å²) in [5, 5.41) is 39.3. The number of aliphatic hydroxyl groups is 4. The minimum absolute atomic E-state index is 0.477. The van der Waals surface area contributed by atoms with E-state index in [4.69, 9.17) is 9.47 Å². The predicted molar refractivity (Wildman–Crippen MR) is 110 cm³/mol. The normalized spacial score (nSPS) is 29.2. The number of pyridine rings is 1. The van der Waals surface area contributed by atoms with Gasteiger partial charge in [-0.3, -0.25) is 0 Å². The van der Waals surface area contributed by atoms with Crippen molar-refractivity contribution in [3.8, 4) is 16.9 Å². The molecule has 0 spiro atoms. The highest BCUT2D eigenvalue weighted by molar-refractivity contribution is 5.66. The number of hydrogen-bond acceptors (Lipinski definition) is 8. The van der Waals surface area contributed by atoms with Gasteiger partial charge in [-0.05, 0) is 55.2 Å². The number of aliphatic hydroxyl groups excluding tert-OH is 4. The Hall–Kier alpha value is -2.23. The molecule has 0 aliphatic carbocycles. The summed E-state index contributed by atoms with van der Waals surface area (Å²) in [6.45, 7) is 3.48. The van der Waals surface area contributed by atoms with Crippen molar-refractivity contribution in [3.05, 3.63) is 42.1 Å². The van der Waals surface area contributed by atoms with Gasteiger partial charge in [-0.2, -0.15) is 0 Å². The number of nitrogens with zero attached hydrogens (tertiary/aromatic N) is 2. The second kappa shape index (κ2) is 8.87. The van der Waals surface area contributed by atoms with Crippen LogP contribution in [0.4, 0.5) is 5.82 Å². The van der Waals surface area contributed by atoms with E-state index in [0.717, 1.165) is 35.6 Å². The van der Waals surface area contributed by atoms with Crippen LogP contribution in [0.25, 0.3) is 11.1 Å². The van der Waals surface area contributed by atoms with Crippen LogP contribution < -0.4 is 9.64 Å². The standard InChI is InChI=1S/C22H28N2O6/c1-13-10-14(15-5-7-18(23-11-15)24-8-2-3-9-24)4-6-16(13)29-22-21(28)20(27)19(26)17(12-25)30-22/h4-7,10-11,17,19-22,25-28H,2-3,8-9,12H2,1H3/t17-,19-,20+,21+,22+/m1/s1. The van der Waals surface area contributed by atoms with Crippen molar-refractivity contribution in [2.24, 2.45) is 0 Å². The van der Waals surface area contributed by atoms with E-state index in [1.165, 1.54) is 12.8 Å². The van der Waals surface area contributed by atoms with Crippen molar-refractivity contribution in [2.75, 3.05) is 24.6 Å². The quantitative estimate of drug-likeness (QED) is 0.567. The molecule has 162 valence electrons. The average molecular weight is 416 g/mol. The van der Waals surface area contributed by atoms with Gasteiger partial charge in [-0.1, -0.05) is 6.07 Å². The monoisotopic (exact) mass is 416 g/mol. The molecule has 0 amide bonds. The minimum Gasteiger partial charge on any atom is -0.462 e. The van der Waals surface area contributed by atoms with Crippen LogP contribution in [0.1, 0.15) is 18.4 Å². The van der Waals surface area contributed by atoms with Gasteiger partial charge in [0.1, 0.15) is 36.0 Å². The summed E-state index contributed by atoms with van der Waals surface area (Å²) >= 11 is 0. The molecule has 2 saturated heterocycles. The zero-order valence-corrected chi connectivity index (χ0v) is 16.9. The number of aryl methyl sites for hydroxylation is 1. The molecule has 3 heterocycles. The van der Waals surface area contributed by atoms with Gasteiger partial charge >= 0.3 is 0 Å². The predicted octanol–water partition coefficient (Wildman–Crippen LogP) is 0.836. The highest BCUT2D eigenvalue weighted by Crippen LogP contribution is 2.30. The largest absolute Gasteiger partial charge is 0.462 e. The Bertz CT molecular complexity index is 853. The van der Waals surface area contributed by atoms with Crippen LogP contribution in [0.15, 0.2) is 36.5 Å². The number of benzene rings is 1. The maximum atomic E-state index is 10.2. The molecule has 30 heavy (non-hydrogen) atoms. The van der Waals surface area contributed by atoms with Crippen molar-refractivity contribution in [1.29, 1.82) is 0 Å². The third kappa shape index (κ3) is 4.14. The Morgan fingerprint density at radius 3 is 2.40 bits per heavy atom. The summed E-state index contributed by atoms with van der Waals surface area (Å²) in [5.41, 5.74) is 2.78. The molecule has 2 fully saturated rings. The topological polar surface area (TPSA) is 116 Å². The lowest BCUT2D eigenvalue weighted by atomic mass is 9.99. The second-order valence-corrected chi connectivity index (χ2v) is 7.89. The number of ether oxygens (including phenoxy) is 2. The zero-order chi connectivity index (χ0) is 21.3.